The molecular formula is C18H17N3O4. The molecule has 25 heavy (non-hydrogen) atoms. The average molecular weight is 339 g/mol. The first-order chi connectivity index (χ1) is 12.0. The lowest BCUT2D eigenvalue weighted by molar-refractivity contribution is -0.115. The van der Waals surface area contributed by atoms with Crippen LogP contribution in [0.3, 0.4) is 0 Å². The number of rotatable bonds is 5. The number of aromatic nitrogens is 1. The van der Waals surface area contributed by atoms with Crippen LogP contribution in [0.1, 0.15) is 27.8 Å². The maximum absolute atomic E-state index is 12.2. The second-order valence-corrected chi connectivity index (χ2v) is 5.62. The Morgan fingerprint density at radius 1 is 1.12 bits per heavy atom. The molecule has 0 aliphatic rings. The number of amides is 2. The van der Waals surface area contributed by atoms with E-state index in [0.29, 0.717) is 22.5 Å². The highest BCUT2D eigenvalue weighted by Gasteiger charge is 2.15. The molecule has 3 rings (SSSR count). The van der Waals surface area contributed by atoms with Gasteiger partial charge in [0.1, 0.15) is 5.69 Å². The lowest BCUT2D eigenvalue weighted by atomic mass is 10.1. The topological polar surface area (TPSA) is 93.3 Å². The molecule has 2 N–H and O–H groups in total. The van der Waals surface area contributed by atoms with Crippen LogP contribution in [-0.4, -0.2) is 28.7 Å². The fraction of sp³-hybridized carbons (Fsp3) is 0.167. The summed E-state index contributed by atoms with van der Waals surface area (Å²) >= 11 is 0. The molecule has 0 radical (unpaired) electrons. The molecule has 7 heteroatoms. The molecule has 0 unspecified atom stereocenters. The monoisotopic (exact) mass is 339 g/mol. The molecule has 2 amide bonds. The Morgan fingerprint density at radius 3 is 2.48 bits per heavy atom. The van der Waals surface area contributed by atoms with Gasteiger partial charge in [0.05, 0.1) is 18.3 Å². The van der Waals surface area contributed by atoms with Crippen molar-refractivity contribution in [2.24, 2.45) is 7.05 Å². The Morgan fingerprint density at radius 2 is 1.84 bits per heavy atom. The molecule has 0 aliphatic carbocycles. The van der Waals surface area contributed by atoms with Crippen LogP contribution < -0.4 is 10.6 Å². The number of benzene rings is 1. The molecule has 3 aromatic rings. The van der Waals surface area contributed by atoms with E-state index in [4.69, 9.17) is 4.42 Å². The summed E-state index contributed by atoms with van der Waals surface area (Å²) in [6, 6.07) is 9.95. The average Bonchev–Trinajstić information content (AvgIpc) is 3.16. The highest BCUT2D eigenvalue weighted by Crippen LogP contribution is 2.19. The first-order valence-corrected chi connectivity index (χ1v) is 7.67. The van der Waals surface area contributed by atoms with Gasteiger partial charge in [0, 0.05) is 30.4 Å². The van der Waals surface area contributed by atoms with E-state index < -0.39 is 0 Å². The van der Waals surface area contributed by atoms with Crippen LogP contribution in [0.5, 0.6) is 0 Å². The quantitative estimate of drug-likeness (QED) is 0.698. The van der Waals surface area contributed by atoms with Gasteiger partial charge in [0.2, 0.25) is 5.91 Å². The van der Waals surface area contributed by atoms with Crippen molar-refractivity contribution >= 4 is 34.4 Å². The number of hydrogen-bond acceptors (Lipinski definition) is 4. The summed E-state index contributed by atoms with van der Waals surface area (Å²) in [5.41, 5.74) is 2.95. The van der Waals surface area contributed by atoms with Crippen LogP contribution in [0, 0.1) is 0 Å². The molecule has 0 fully saturated rings. The van der Waals surface area contributed by atoms with E-state index in [1.165, 1.54) is 6.92 Å². The summed E-state index contributed by atoms with van der Waals surface area (Å²) in [4.78, 5) is 35.4. The molecule has 128 valence electrons. The maximum atomic E-state index is 12.2. The summed E-state index contributed by atoms with van der Waals surface area (Å²) in [7, 11) is 1.75. The third-order valence-electron chi connectivity index (χ3n) is 3.88. The summed E-state index contributed by atoms with van der Waals surface area (Å²) < 4.78 is 6.96. The number of carbonyl (C=O) groups is 3. The van der Waals surface area contributed by atoms with Crippen LogP contribution in [0.4, 0.5) is 5.69 Å². The SMILES string of the molecule is CC(=O)c1ccc(NC(=O)CNC(=O)c2cc3occc3n2C)cc1. The fourth-order valence-electron chi connectivity index (χ4n) is 2.51. The van der Waals surface area contributed by atoms with E-state index in [1.54, 1.807) is 54.3 Å². The van der Waals surface area contributed by atoms with Gasteiger partial charge in [-0.25, -0.2) is 0 Å². The molecule has 0 saturated heterocycles. The summed E-state index contributed by atoms with van der Waals surface area (Å²) in [6.07, 6.45) is 1.55. The molecule has 0 saturated carbocycles. The zero-order valence-corrected chi connectivity index (χ0v) is 13.8. The Kier molecular flexibility index (Phi) is 4.38. The van der Waals surface area contributed by atoms with Crippen LogP contribution in [0.15, 0.2) is 47.1 Å². The largest absolute Gasteiger partial charge is 0.463 e. The zero-order valence-electron chi connectivity index (χ0n) is 13.8. The molecule has 0 bridgehead atoms. The van der Waals surface area contributed by atoms with Crippen molar-refractivity contribution in [1.82, 2.24) is 9.88 Å². The summed E-state index contributed by atoms with van der Waals surface area (Å²) in [6.45, 7) is 1.31. The summed E-state index contributed by atoms with van der Waals surface area (Å²) in [5, 5.41) is 5.23. The van der Waals surface area contributed by atoms with E-state index in [2.05, 4.69) is 10.6 Å². The van der Waals surface area contributed by atoms with Gasteiger partial charge in [-0.15, -0.1) is 0 Å². The van der Waals surface area contributed by atoms with Gasteiger partial charge < -0.3 is 19.6 Å². The molecule has 2 aromatic heterocycles. The highest BCUT2D eigenvalue weighted by molar-refractivity contribution is 6.01. The summed E-state index contributed by atoms with van der Waals surface area (Å²) in [5.74, 6) is -0.767. The molecule has 0 atom stereocenters. The minimum absolute atomic E-state index is 0.0431. The van der Waals surface area contributed by atoms with Gasteiger partial charge >= 0.3 is 0 Å². The van der Waals surface area contributed by atoms with Crippen molar-refractivity contribution in [2.45, 2.75) is 6.92 Å². The molecule has 7 nitrogen and oxygen atoms in total. The standard InChI is InChI=1S/C18H17N3O4/c1-11(22)12-3-5-13(6-4-12)20-17(23)10-19-18(24)15-9-16-14(21(15)2)7-8-25-16/h3-9H,10H2,1-2H3,(H,19,24)(H,20,23). The minimum atomic E-state index is -0.365. The van der Waals surface area contributed by atoms with Crippen molar-refractivity contribution in [3.05, 3.63) is 53.9 Å². The van der Waals surface area contributed by atoms with Gasteiger partial charge in [0.25, 0.3) is 5.91 Å². The number of anilines is 1. The number of hydrogen-bond donors (Lipinski definition) is 2. The molecule has 2 heterocycles. The Labute approximate surface area is 143 Å². The molecule has 0 spiro atoms. The number of ketones is 1. The van der Waals surface area contributed by atoms with Crippen LogP contribution in [0.2, 0.25) is 0 Å². The smallest absolute Gasteiger partial charge is 0.268 e. The van der Waals surface area contributed by atoms with E-state index in [-0.39, 0.29) is 24.1 Å². The van der Waals surface area contributed by atoms with Gasteiger partial charge in [-0.1, -0.05) is 0 Å². The van der Waals surface area contributed by atoms with Crippen molar-refractivity contribution in [3.63, 3.8) is 0 Å². The second-order valence-electron chi connectivity index (χ2n) is 5.62. The number of carbonyl (C=O) groups excluding carboxylic acids is 3. The van der Waals surface area contributed by atoms with Gasteiger partial charge in [0.15, 0.2) is 11.4 Å². The Bertz CT molecular complexity index is 951. The van der Waals surface area contributed by atoms with E-state index in [0.717, 1.165) is 5.52 Å². The van der Waals surface area contributed by atoms with E-state index >= 15 is 0 Å². The molecular weight excluding hydrogens is 322 g/mol. The lowest BCUT2D eigenvalue weighted by Gasteiger charge is -2.08. The van der Waals surface area contributed by atoms with Gasteiger partial charge in [-0.05, 0) is 31.2 Å². The van der Waals surface area contributed by atoms with Crippen LogP contribution in [-0.2, 0) is 11.8 Å². The van der Waals surface area contributed by atoms with Crippen molar-refractivity contribution < 1.29 is 18.8 Å². The maximum Gasteiger partial charge on any atom is 0.268 e. The van der Waals surface area contributed by atoms with Crippen molar-refractivity contribution in [3.8, 4) is 0 Å². The highest BCUT2D eigenvalue weighted by atomic mass is 16.3. The predicted octanol–water partition coefficient (Wildman–Crippen LogP) is 2.34. The minimum Gasteiger partial charge on any atom is -0.463 e. The molecule has 1 aromatic carbocycles. The second kappa shape index (κ2) is 6.64. The third kappa shape index (κ3) is 3.45. The van der Waals surface area contributed by atoms with E-state index in [1.807, 2.05) is 0 Å². The van der Waals surface area contributed by atoms with Crippen LogP contribution in [0.25, 0.3) is 11.1 Å². The number of furan rings is 1. The zero-order chi connectivity index (χ0) is 18.0. The van der Waals surface area contributed by atoms with Crippen molar-refractivity contribution in [1.29, 1.82) is 0 Å². The number of nitrogens with zero attached hydrogens (tertiary/aromatic N) is 1. The third-order valence-corrected chi connectivity index (χ3v) is 3.88. The number of aryl methyl sites for hydroxylation is 1. The fourth-order valence-corrected chi connectivity index (χ4v) is 2.51. The van der Waals surface area contributed by atoms with Crippen molar-refractivity contribution in [2.75, 3.05) is 11.9 Å². The first kappa shape index (κ1) is 16.5. The first-order valence-electron chi connectivity index (χ1n) is 7.67. The Hall–Kier alpha value is -3.35. The normalized spacial score (nSPS) is 10.6. The van der Waals surface area contributed by atoms with Crippen LogP contribution >= 0.6 is 0 Å². The number of fused-ring (bicyclic) bond motifs is 1. The number of nitrogens with one attached hydrogen (secondary N) is 2. The van der Waals surface area contributed by atoms with Gasteiger partial charge in [-0.3, -0.25) is 14.4 Å². The van der Waals surface area contributed by atoms with E-state index in [9.17, 15) is 14.4 Å². The lowest BCUT2D eigenvalue weighted by Crippen LogP contribution is -2.33. The number of Topliss-reactive ketones (excluding diaryl/α,β-unsaturated/α-hetero) is 1. The Balaban J connectivity index is 1.58. The predicted molar refractivity (Wildman–Crippen MR) is 92.6 cm³/mol. The van der Waals surface area contributed by atoms with Gasteiger partial charge in [-0.2, -0.15) is 0 Å². The molecule has 0 aliphatic heterocycles.